The predicted octanol–water partition coefficient (Wildman–Crippen LogP) is 0.672. The molecule has 1 atom stereocenters. The first-order valence-corrected chi connectivity index (χ1v) is 11.8. The number of benzene rings is 2. The fourth-order valence-corrected chi connectivity index (χ4v) is 4.15. The van der Waals surface area contributed by atoms with Crippen molar-refractivity contribution < 1.29 is 32.8 Å². The van der Waals surface area contributed by atoms with Crippen molar-refractivity contribution in [2.45, 2.75) is 29.8 Å². The standard InChI is InChI=1S/C21H25N5O8S/c22-19(23)15-9-11-16(12-10-15)34-13-5-4-8-18(27)24-14-21(20(28)29,26(30)31)25-35(32,33)17-6-2-1-3-7-17/h1-3,6-7,9-12,25H,4-5,8,13-14H2,(H3,22,23)(H,24,27)(H,28,29)/t21-/m1/s1. The first kappa shape index (κ1) is 27.2. The average Bonchev–Trinajstić information content (AvgIpc) is 2.82. The summed E-state index contributed by atoms with van der Waals surface area (Å²) in [5, 5.41) is 30.5. The van der Waals surface area contributed by atoms with Crippen molar-refractivity contribution in [3.63, 3.8) is 0 Å². The smallest absolute Gasteiger partial charge is 0.402 e. The molecule has 13 nitrogen and oxygen atoms in total. The van der Waals surface area contributed by atoms with E-state index in [9.17, 15) is 33.2 Å². The number of aliphatic carboxylic acids is 1. The normalized spacial score (nSPS) is 12.8. The number of sulfonamides is 1. The SMILES string of the molecule is N=C(N)c1ccc(OCCCCC(=O)NC[C@](NS(=O)(=O)c2ccccc2)(C(=O)O)[N+](=O)[O-])cc1. The molecule has 0 aliphatic heterocycles. The van der Waals surface area contributed by atoms with E-state index in [1.807, 2.05) is 0 Å². The number of amidine groups is 1. The number of hydrogen-bond donors (Lipinski definition) is 5. The van der Waals surface area contributed by atoms with E-state index in [-0.39, 0.29) is 23.8 Å². The van der Waals surface area contributed by atoms with Crippen molar-refractivity contribution in [1.29, 1.82) is 5.41 Å². The van der Waals surface area contributed by atoms with Gasteiger partial charge < -0.3 is 20.9 Å². The second kappa shape index (κ2) is 11.9. The number of nitro groups is 1. The van der Waals surface area contributed by atoms with Gasteiger partial charge in [0, 0.05) is 12.0 Å². The lowest BCUT2D eigenvalue weighted by molar-refractivity contribution is -0.556. The Morgan fingerprint density at radius 2 is 1.74 bits per heavy atom. The second-order valence-electron chi connectivity index (χ2n) is 7.36. The molecule has 0 bridgehead atoms. The molecule has 0 aliphatic carbocycles. The van der Waals surface area contributed by atoms with Crippen molar-refractivity contribution in [3.05, 3.63) is 70.3 Å². The van der Waals surface area contributed by atoms with E-state index in [0.717, 1.165) is 12.1 Å². The molecule has 2 aromatic rings. The highest BCUT2D eigenvalue weighted by molar-refractivity contribution is 7.89. The zero-order chi connectivity index (χ0) is 26.1. The summed E-state index contributed by atoms with van der Waals surface area (Å²) in [5.41, 5.74) is 2.73. The van der Waals surface area contributed by atoms with E-state index in [1.165, 1.54) is 18.2 Å². The summed E-state index contributed by atoms with van der Waals surface area (Å²) in [6, 6.07) is 13.1. The van der Waals surface area contributed by atoms with Crippen LogP contribution >= 0.6 is 0 Å². The molecule has 0 spiro atoms. The van der Waals surface area contributed by atoms with Crippen molar-refractivity contribution >= 4 is 27.7 Å². The number of nitrogens with two attached hydrogens (primary N) is 1. The minimum Gasteiger partial charge on any atom is -0.494 e. The van der Waals surface area contributed by atoms with Crippen LogP contribution in [0.5, 0.6) is 5.75 Å². The molecule has 0 unspecified atom stereocenters. The monoisotopic (exact) mass is 507 g/mol. The van der Waals surface area contributed by atoms with E-state index < -0.39 is 39.0 Å². The molecule has 2 aromatic carbocycles. The van der Waals surface area contributed by atoms with Gasteiger partial charge in [-0.1, -0.05) is 18.2 Å². The van der Waals surface area contributed by atoms with Crippen LogP contribution in [0.2, 0.25) is 0 Å². The third-order valence-electron chi connectivity index (χ3n) is 4.80. The van der Waals surface area contributed by atoms with Crippen LogP contribution in [0.15, 0.2) is 59.5 Å². The lowest BCUT2D eigenvalue weighted by atomic mass is 10.2. The molecular weight excluding hydrogens is 482 g/mol. The van der Waals surface area contributed by atoms with Gasteiger partial charge in [0.15, 0.2) is 0 Å². The molecule has 0 aliphatic rings. The Morgan fingerprint density at radius 3 is 2.29 bits per heavy atom. The van der Waals surface area contributed by atoms with Gasteiger partial charge in [-0.2, -0.15) is 0 Å². The summed E-state index contributed by atoms with van der Waals surface area (Å²) < 4.78 is 32.1. The van der Waals surface area contributed by atoms with Crippen LogP contribution < -0.4 is 20.5 Å². The maximum atomic E-state index is 12.5. The van der Waals surface area contributed by atoms with Crippen LogP contribution in [0.1, 0.15) is 24.8 Å². The highest BCUT2D eigenvalue weighted by atomic mass is 32.2. The van der Waals surface area contributed by atoms with Gasteiger partial charge in [0.25, 0.3) is 0 Å². The molecule has 1 amide bonds. The summed E-state index contributed by atoms with van der Waals surface area (Å²) in [5.74, 6) is -2.30. The number of hydrogen-bond acceptors (Lipinski definition) is 8. The van der Waals surface area contributed by atoms with E-state index in [1.54, 1.807) is 29.0 Å². The van der Waals surface area contributed by atoms with Crippen molar-refractivity contribution in [1.82, 2.24) is 10.0 Å². The number of carbonyl (C=O) groups is 2. The van der Waals surface area contributed by atoms with Gasteiger partial charge in [-0.15, -0.1) is 4.72 Å². The minimum absolute atomic E-state index is 0.0700. The molecule has 188 valence electrons. The Bertz CT molecular complexity index is 1160. The van der Waals surface area contributed by atoms with Crippen molar-refractivity contribution in [2.75, 3.05) is 13.2 Å². The molecule has 0 radical (unpaired) electrons. The number of amides is 1. The zero-order valence-electron chi connectivity index (χ0n) is 18.5. The third-order valence-corrected chi connectivity index (χ3v) is 6.29. The maximum absolute atomic E-state index is 12.5. The molecule has 0 saturated carbocycles. The Labute approximate surface area is 201 Å². The molecular formula is C21H25N5O8S. The quantitative estimate of drug-likeness (QED) is 0.0605. The van der Waals surface area contributed by atoms with E-state index in [4.69, 9.17) is 15.9 Å². The Hall–Kier alpha value is -4.04. The number of ether oxygens (including phenoxy) is 1. The van der Waals surface area contributed by atoms with Crippen molar-refractivity contribution in [2.24, 2.45) is 5.73 Å². The number of carboxylic acids is 1. The van der Waals surface area contributed by atoms with Gasteiger partial charge in [0.05, 0.1) is 16.4 Å². The van der Waals surface area contributed by atoms with Gasteiger partial charge in [-0.25, -0.2) is 13.2 Å². The number of carboxylic acid groups (broad SMARTS) is 1. The fraction of sp³-hybridized carbons (Fsp3) is 0.286. The van der Waals surface area contributed by atoms with Crippen LogP contribution in [0, 0.1) is 15.5 Å². The molecule has 14 heteroatoms. The highest BCUT2D eigenvalue weighted by Gasteiger charge is 2.55. The molecule has 2 rings (SSSR count). The van der Waals surface area contributed by atoms with Crippen LogP contribution in [-0.2, 0) is 19.6 Å². The lowest BCUT2D eigenvalue weighted by Crippen LogP contribution is -2.65. The van der Waals surface area contributed by atoms with Crippen LogP contribution in [-0.4, -0.2) is 55.0 Å². The Balaban J connectivity index is 1.89. The molecule has 0 saturated heterocycles. The first-order valence-electron chi connectivity index (χ1n) is 10.3. The van der Waals surface area contributed by atoms with Crippen molar-refractivity contribution in [3.8, 4) is 5.75 Å². The summed E-state index contributed by atoms with van der Waals surface area (Å²) in [6.07, 6.45) is 0.680. The number of carbonyl (C=O) groups excluding carboxylic acids is 1. The largest absolute Gasteiger partial charge is 0.494 e. The minimum atomic E-state index is -4.57. The molecule has 0 fully saturated rings. The molecule has 0 heterocycles. The topological polar surface area (TPSA) is 215 Å². The summed E-state index contributed by atoms with van der Waals surface area (Å²) >= 11 is 0. The number of unbranched alkanes of at least 4 members (excludes halogenated alkanes) is 1. The van der Waals surface area contributed by atoms with Crippen LogP contribution in [0.3, 0.4) is 0 Å². The Morgan fingerprint density at radius 1 is 1.11 bits per heavy atom. The second-order valence-corrected chi connectivity index (χ2v) is 9.04. The maximum Gasteiger partial charge on any atom is 0.402 e. The van der Waals surface area contributed by atoms with Gasteiger partial charge in [0.2, 0.25) is 15.9 Å². The molecule has 6 N–H and O–H groups in total. The highest BCUT2D eigenvalue weighted by Crippen LogP contribution is 2.15. The van der Waals surface area contributed by atoms with E-state index in [2.05, 4.69) is 5.32 Å². The lowest BCUT2D eigenvalue weighted by Gasteiger charge is -2.22. The number of nitrogens with one attached hydrogen (secondary N) is 3. The van der Waals surface area contributed by atoms with E-state index >= 15 is 0 Å². The summed E-state index contributed by atoms with van der Waals surface area (Å²) in [7, 11) is -4.57. The predicted molar refractivity (Wildman–Crippen MR) is 124 cm³/mol. The van der Waals surface area contributed by atoms with Crippen LogP contribution in [0.4, 0.5) is 0 Å². The number of nitrogens with zero attached hydrogens (tertiary/aromatic N) is 1. The van der Waals surface area contributed by atoms with Crippen LogP contribution in [0.25, 0.3) is 0 Å². The number of nitrogen functional groups attached to an aromatic ring is 1. The van der Waals surface area contributed by atoms with Gasteiger partial charge in [-0.05, 0) is 49.2 Å². The third kappa shape index (κ3) is 7.48. The zero-order valence-corrected chi connectivity index (χ0v) is 19.3. The van der Waals surface area contributed by atoms with E-state index in [0.29, 0.717) is 24.2 Å². The van der Waals surface area contributed by atoms with Gasteiger partial charge >= 0.3 is 11.6 Å². The summed E-state index contributed by atoms with van der Waals surface area (Å²) in [6.45, 7) is -0.837. The van der Waals surface area contributed by atoms with Gasteiger partial charge in [-0.3, -0.25) is 20.3 Å². The molecule has 35 heavy (non-hydrogen) atoms. The fourth-order valence-electron chi connectivity index (χ4n) is 2.84. The average molecular weight is 508 g/mol. The van der Waals surface area contributed by atoms with Gasteiger partial charge in [0.1, 0.15) is 18.1 Å². The summed E-state index contributed by atoms with van der Waals surface area (Å²) in [4.78, 5) is 33.8. The first-order chi connectivity index (χ1) is 16.5. The number of rotatable bonds is 14. The molecule has 0 aromatic heterocycles. The Kier molecular flexibility index (Phi) is 9.25.